The minimum Gasteiger partial charge on any atom is -0.496 e. The maximum Gasteiger partial charge on any atom is 0.128 e. The third kappa shape index (κ3) is 3.50. The molecular weight excluding hydrogens is 271 g/mol. The Bertz CT molecular complexity index is 406. The molecule has 1 rings (SSSR count). The number of methoxy groups -OCH3 is 1. The van der Waals surface area contributed by atoms with Crippen LogP contribution in [0.2, 0.25) is 0 Å². The Hall–Kier alpha value is -0.510. The van der Waals surface area contributed by atoms with Crippen molar-refractivity contribution < 1.29 is 4.74 Å². The molecule has 0 bridgehead atoms. The lowest BCUT2D eigenvalue weighted by atomic mass is 10.1. The summed E-state index contributed by atoms with van der Waals surface area (Å²) in [6, 6.07) is 0. The maximum atomic E-state index is 5.91. The van der Waals surface area contributed by atoms with Crippen molar-refractivity contribution in [2.75, 3.05) is 18.9 Å². The summed E-state index contributed by atoms with van der Waals surface area (Å²) >= 11 is 11.8. The summed E-state index contributed by atoms with van der Waals surface area (Å²) in [7, 11) is 1.67. The van der Waals surface area contributed by atoms with Crippen LogP contribution in [0.1, 0.15) is 23.7 Å². The number of ether oxygens (including phenoxy) is 1. The molecule has 1 N–H and O–H groups in total. The molecule has 0 aliphatic rings. The molecular formula is C13H20Cl2N2O. The van der Waals surface area contributed by atoms with Crippen molar-refractivity contribution >= 4 is 23.2 Å². The largest absolute Gasteiger partial charge is 0.496 e. The van der Waals surface area contributed by atoms with Gasteiger partial charge in [-0.2, -0.15) is 0 Å². The van der Waals surface area contributed by atoms with Crippen LogP contribution >= 0.6 is 23.2 Å². The van der Waals surface area contributed by atoms with E-state index in [0.717, 1.165) is 22.6 Å². The third-order valence-electron chi connectivity index (χ3n) is 3.02. The van der Waals surface area contributed by atoms with Crippen molar-refractivity contribution in [2.45, 2.75) is 32.9 Å². The lowest BCUT2D eigenvalue weighted by molar-refractivity contribution is 0.402. The number of aromatic nitrogens is 1. The molecule has 1 aromatic heterocycles. The summed E-state index contributed by atoms with van der Waals surface area (Å²) in [6.45, 7) is 6.61. The first-order valence-electron chi connectivity index (χ1n) is 5.83. The third-order valence-corrected chi connectivity index (χ3v) is 4.20. The fraction of sp³-hybridized carbons (Fsp3) is 0.615. The Morgan fingerprint density at radius 1 is 1.33 bits per heavy atom. The van der Waals surface area contributed by atoms with Gasteiger partial charge < -0.3 is 10.1 Å². The number of hydrogen-bond acceptors (Lipinski definition) is 3. The molecule has 1 heterocycles. The average molecular weight is 291 g/mol. The van der Waals surface area contributed by atoms with Crippen molar-refractivity contribution in [2.24, 2.45) is 0 Å². The van der Waals surface area contributed by atoms with Crippen LogP contribution in [-0.2, 0) is 6.54 Å². The second-order valence-electron chi connectivity index (χ2n) is 4.73. The van der Waals surface area contributed by atoms with Crippen LogP contribution < -0.4 is 10.1 Å². The number of rotatable bonds is 6. The first-order chi connectivity index (χ1) is 8.47. The van der Waals surface area contributed by atoms with Gasteiger partial charge in [0, 0.05) is 41.2 Å². The van der Waals surface area contributed by atoms with E-state index in [9.17, 15) is 0 Å². The summed E-state index contributed by atoms with van der Waals surface area (Å²) < 4.78 is 5.38. The Morgan fingerprint density at radius 3 is 2.44 bits per heavy atom. The van der Waals surface area contributed by atoms with Crippen LogP contribution in [-0.4, -0.2) is 29.4 Å². The summed E-state index contributed by atoms with van der Waals surface area (Å²) in [6.07, 6.45) is 1.82. The van der Waals surface area contributed by atoms with Gasteiger partial charge in [-0.3, -0.25) is 4.98 Å². The topological polar surface area (TPSA) is 34.1 Å². The molecule has 0 aliphatic heterocycles. The van der Waals surface area contributed by atoms with Gasteiger partial charge in [-0.25, -0.2) is 0 Å². The molecule has 0 aliphatic carbocycles. The zero-order valence-electron chi connectivity index (χ0n) is 11.3. The molecule has 0 spiro atoms. The van der Waals surface area contributed by atoms with Crippen molar-refractivity contribution in [1.29, 1.82) is 0 Å². The van der Waals surface area contributed by atoms with Crippen LogP contribution in [0.5, 0.6) is 5.75 Å². The lowest BCUT2D eigenvalue weighted by Crippen LogP contribution is -2.45. The normalized spacial score (nSPS) is 11.7. The summed E-state index contributed by atoms with van der Waals surface area (Å²) in [5, 5.41) is 3.34. The second-order valence-corrected chi connectivity index (χ2v) is 5.26. The van der Waals surface area contributed by atoms with Gasteiger partial charge in [-0.1, -0.05) is 0 Å². The molecule has 0 amide bonds. The molecule has 0 atom stereocenters. The number of nitrogens with zero attached hydrogens (tertiary/aromatic N) is 1. The van der Waals surface area contributed by atoms with Crippen molar-refractivity contribution in [3.8, 4) is 5.75 Å². The van der Waals surface area contributed by atoms with E-state index in [1.807, 2.05) is 27.0 Å². The molecule has 0 saturated heterocycles. The number of alkyl halides is 2. The van der Waals surface area contributed by atoms with Crippen LogP contribution in [0.25, 0.3) is 0 Å². The number of pyridine rings is 1. The zero-order chi connectivity index (χ0) is 13.8. The second kappa shape index (κ2) is 6.60. The predicted molar refractivity (Wildman–Crippen MR) is 76.9 cm³/mol. The van der Waals surface area contributed by atoms with Crippen LogP contribution in [0.4, 0.5) is 0 Å². The molecule has 18 heavy (non-hydrogen) atoms. The van der Waals surface area contributed by atoms with E-state index >= 15 is 0 Å². The summed E-state index contributed by atoms with van der Waals surface area (Å²) in [5.74, 6) is 1.80. The van der Waals surface area contributed by atoms with E-state index in [1.165, 1.54) is 0 Å². The molecule has 5 heteroatoms. The van der Waals surface area contributed by atoms with E-state index in [1.54, 1.807) is 7.11 Å². The fourth-order valence-corrected chi connectivity index (χ4v) is 2.15. The Morgan fingerprint density at radius 2 is 1.94 bits per heavy atom. The van der Waals surface area contributed by atoms with E-state index in [-0.39, 0.29) is 5.54 Å². The molecule has 0 aromatic carbocycles. The standard InChI is InChI=1S/C13H20Cl2N2O/c1-9-5-16-11(10(2)12(9)18-4)6-17-13(3,7-14)8-15/h5,17H,6-8H2,1-4H3. The van der Waals surface area contributed by atoms with E-state index < -0.39 is 0 Å². The van der Waals surface area contributed by atoms with Gasteiger partial charge in [0.05, 0.1) is 12.8 Å². The highest BCUT2D eigenvalue weighted by atomic mass is 35.5. The van der Waals surface area contributed by atoms with Gasteiger partial charge in [-0.05, 0) is 20.8 Å². The van der Waals surface area contributed by atoms with Gasteiger partial charge in [0.15, 0.2) is 0 Å². The van der Waals surface area contributed by atoms with Crippen molar-refractivity contribution in [1.82, 2.24) is 10.3 Å². The highest BCUT2D eigenvalue weighted by Crippen LogP contribution is 2.24. The van der Waals surface area contributed by atoms with Gasteiger partial charge in [-0.15, -0.1) is 23.2 Å². The molecule has 0 saturated carbocycles. The first kappa shape index (κ1) is 15.5. The van der Waals surface area contributed by atoms with E-state index in [2.05, 4.69) is 10.3 Å². The SMILES string of the molecule is COc1c(C)cnc(CNC(C)(CCl)CCl)c1C. The monoisotopic (exact) mass is 290 g/mol. The first-order valence-corrected chi connectivity index (χ1v) is 6.90. The van der Waals surface area contributed by atoms with Gasteiger partial charge in [0.2, 0.25) is 0 Å². The van der Waals surface area contributed by atoms with Crippen LogP contribution in [0.3, 0.4) is 0 Å². The summed E-state index contributed by atoms with van der Waals surface area (Å²) in [5.41, 5.74) is 2.77. The van der Waals surface area contributed by atoms with E-state index in [4.69, 9.17) is 27.9 Å². The smallest absolute Gasteiger partial charge is 0.128 e. The minimum atomic E-state index is -0.282. The Kier molecular flexibility index (Phi) is 5.70. The van der Waals surface area contributed by atoms with E-state index in [0.29, 0.717) is 18.3 Å². The lowest BCUT2D eigenvalue weighted by Gasteiger charge is -2.26. The molecule has 0 fully saturated rings. The highest BCUT2D eigenvalue weighted by molar-refractivity contribution is 6.22. The van der Waals surface area contributed by atoms with Crippen molar-refractivity contribution in [3.05, 3.63) is 23.0 Å². The predicted octanol–water partition coefficient (Wildman–Crippen LogP) is 3.03. The van der Waals surface area contributed by atoms with Crippen LogP contribution in [0, 0.1) is 13.8 Å². The van der Waals surface area contributed by atoms with Gasteiger partial charge in [0.25, 0.3) is 0 Å². The van der Waals surface area contributed by atoms with Crippen LogP contribution in [0.15, 0.2) is 6.20 Å². The number of halogens is 2. The number of aryl methyl sites for hydroxylation is 1. The highest BCUT2D eigenvalue weighted by Gasteiger charge is 2.22. The molecule has 102 valence electrons. The quantitative estimate of drug-likeness (QED) is 0.818. The zero-order valence-corrected chi connectivity index (χ0v) is 12.8. The number of nitrogens with one attached hydrogen (secondary N) is 1. The molecule has 3 nitrogen and oxygen atoms in total. The molecule has 0 radical (unpaired) electrons. The molecule has 1 aromatic rings. The van der Waals surface area contributed by atoms with Crippen molar-refractivity contribution in [3.63, 3.8) is 0 Å². The Labute approximate surface area is 119 Å². The van der Waals surface area contributed by atoms with Gasteiger partial charge in [0.1, 0.15) is 5.75 Å². The van der Waals surface area contributed by atoms with Gasteiger partial charge >= 0.3 is 0 Å². The average Bonchev–Trinajstić information content (AvgIpc) is 2.38. The Balaban J connectivity index is 2.86. The fourth-order valence-electron chi connectivity index (χ4n) is 1.68. The minimum absolute atomic E-state index is 0.282. The summed E-state index contributed by atoms with van der Waals surface area (Å²) in [4.78, 5) is 4.43. The maximum absolute atomic E-state index is 5.91. The number of hydrogen-bond donors (Lipinski definition) is 1. The molecule has 0 unspecified atom stereocenters.